The summed E-state index contributed by atoms with van der Waals surface area (Å²) >= 11 is 0. The van der Waals surface area contributed by atoms with Crippen LogP contribution in [0.15, 0.2) is 36.5 Å². The van der Waals surface area contributed by atoms with Gasteiger partial charge in [0.15, 0.2) is 0 Å². The van der Waals surface area contributed by atoms with E-state index in [4.69, 9.17) is 5.73 Å². The number of rotatable bonds is 2. The Morgan fingerprint density at radius 1 is 1.26 bits per heavy atom. The minimum atomic E-state index is -0.425. The lowest BCUT2D eigenvalue weighted by atomic mass is 10.1. The number of nitrogens with two attached hydrogens (primary N) is 1. The summed E-state index contributed by atoms with van der Waals surface area (Å²) in [5.41, 5.74) is 8.47. The van der Waals surface area contributed by atoms with Crippen LogP contribution in [0.2, 0.25) is 0 Å². The van der Waals surface area contributed by atoms with E-state index in [1.807, 2.05) is 34.9 Å². The lowest BCUT2D eigenvalue weighted by Gasteiger charge is -2.23. The fourth-order valence-corrected chi connectivity index (χ4v) is 3.29. The van der Waals surface area contributed by atoms with E-state index in [0.717, 1.165) is 27.5 Å². The molecule has 23 heavy (non-hydrogen) atoms. The van der Waals surface area contributed by atoms with E-state index in [1.54, 1.807) is 6.20 Å². The first-order valence-corrected chi connectivity index (χ1v) is 7.60. The molecule has 1 atom stereocenters. The smallest absolute Gasteiger partial charge is 0.249 e. The number of carbonyl (C=O) groups is 2. The fourth-order valence-electron chi connectivity index (χ4n) is 3.29. The molecule has 6 heteroatoms. The molecule has 6 nitrogen and oxygen atoms in total. The van der Waals surface area contributed by atoms with Crippen molar-refractivity contribution >= 4 is 33.8 Å². The van der Waals surface area contributed by atoms with Gasteiger partial charge in [-0.25, -0.2) is 4.98 Å². The van der Waals surface area contributed by atoms with Crippen LogP contribution in [0.5, 0.6) is 0 Å². The lowest BCUT2D eigenvalue weighted by molar-refractivity contribution is -0.135. The van der Waals surface area contributed by atoms with Gasteiger partial charge in [0.1, 0.15) is 11.7 Å². The van der Waals surface area contributed by atoms with Crippen LogP contribution in [0.3, 0.4) is 0 Å². The minimum Gasteiger partial charge on any atom is -0.326 e. The zero-order valence-electron chi connectivity index (χ0n) is 12.5. The van der Waals surface area contributed by atoms with Crippen molar-refractivity contribution in [1.82, 2.24) is 14.9 Å². The summed E-state index contributed by atoms with van der Waals surface area (Å²) in [4.78, 5) is 28.2. The minimum absolute atomic E-state index is 0.217. The predicted molar refractivity (Wildman–Crippen MR) is 86.6 cm³/mol. The molecule has 1 aromatic carbocycles. The number of pyridine rings is 1. The van der Waals surface area contributed by atoms with Crippen LogP contribution in [-0.2, 0) is 16.1 Å². The zero-order chi connectivity index (χ0) is 16.0. The summed E-state index contributed by atoms with van der Waals surface area (Å²) in [5, 5.41) is 4.44. The number of fused-ring (bicyclic) bond motifs is 3. The Labute approximate surface area is 132 Å². The Hall–Kier alpha value is -2.73. The molecule has 116 valence electrons. The maximum atomic E-state index is 12.3. The van der Waals surface area contributed by atoms with E-state index in [2.05, 4.69) is 10.3 Å². The molecule has 2 amide bonds. The van der Waals surface area contributed by atoms with E-state index in [1.165, 1.54) is 0 Å². The van der Waals surface area contributed by atoms with Crippen molar-refractivity contribution in [3.63, 3.8) is 0 Å². The SMILES string of the molecule is NCc1ccc2c(c1)c1cccnc1n2C1CCC(=O)NC1=O. The van der Waals surface area contributed by atoms with Crippen molar-refractivity contribution in [2.45, 2.75) is 25.4 Å². The molecule has 3 heterocycles. The Balaban J connectivity index is 2.00. The van der Waals surface area contributed by atoms with Gasteiger partial charge in [0.25, 0.3) is 0 Å². The predicted octanol–water partition coefficient (Wildman–Crippen LogP) is 1.63. The lowest BCUT2D eigenvalue weighted by Crippen LogP contribution is -2.41. The number of hydrogen-bond donors (Lipinski definition) is 2. The third kappa shape index (κ3) is 2.10. The summed E-state index contributed by atoms with van der Waals surface area (Å²) in [6.07, 6.45) is 2.54. The Morgan fingerprint density at radius 2 is 2.13 bits per heavy atom. The average molecular weight is 308 g/mol. The van der Waals surface area contributed by atoms with Crippen molar-refractivity contribution in [2.24, 2.45) is 5.73 Å². The second-order valence-corrected chi connectivity index (χ2v) is 5.77. The van der Waals surface area contributed by atoms with Gasteiger partial charge in [-0.3, -0.25) is 14.9 Å². The number of aromatic nitrogens is 2. The Bertz CT molecular complexity index is 944. The van der Waals surface area contributed by atoms with Crippen molar-refractivity contribution in [2.75, 3.05) is 0 Å². The maximum absolute atomic E-state index is 12.3. The normalized spacial score (nSPS) is 18.6. The van der Waals surface area contributed by atoms with Gasteiger partial charge in [0.05, 0.1) is 5.52 Å². The molecule has 0 saturated carbocycles. The van der Waals surface area contributed by atoms with Crippen LogP contribution >= 0.6 is 0 Å². The summed E-state index contributed by atoms with van der Waals surface area (Å²) in [7, 11) is 0. The molecule has 1 saturated heterocycles. The first-order valence-electron chi connectivity index (χ1n) is 7.60. The monoisotopic (exact) mass is 308 g/mol. The number of hydrogen-bond acceptors (Lipinski definition) is 4. The molecule has 4 rings (SSSR count). The molecular formula is C17H16N4O2. The Morgan fingerprint density at radius 3 is 2.91 bits per heavy atom. The number of nitrogens with zero attached hydrogens (tertiary/aromatic N) is 2. The molecule has 0 spiro atoms. The van der Waals surface area contributed by atoms with Gasteiger partial charge in [0, 0.05) is 29.9 Å². The van der Waals surface area contributed by atoms with Crippen LogP contribution < -0.4 is 11.1 Å². The number of benzene rings is 1. The molecular weight excluding hydrogens is 292 g/mol. The van der Waals surface area contributed by atoms with E-state index >= 15 is 0 Å². The van der Waals surface area contributed by atoms with Crippen LogP contribution in [0.4, 0.5) is 0 Å². The van der Waals surface area contributed by atoms with Crippen molar-refractivity contribution in [3.05, 3.63) is 42.1 Å². The van der Waals surface area contributed by atoms with E-state index in [9.17, 15) is 9.59 Å². The Kier molecular flexibility index (Phi) is 3.12. The van der Waals surface area contributed by atoms with E-state index in [0.29, 0.717) is 19.4 Å². The molecule has 1 aliphatic heterocycles. The van der Waals surface area contributed by atoms with Gasteiger partial charge in [-0.2, -0.15) is 0 Å². The highest BCUT2D eigenvalue weighted by molar-refractivity contribution is 6.09. The standard InChI is InChI=1S/C17H16N4O2/c18-9-10-3-4-13-12(8-10)11-2-1-7-19-16(11)21(13)14-5-6-15(22)20-17(14)23/h1-4,7-8,14H,5-6,9,18H2,(H,20,22,23). The molecule has 3 aromatic rings. The van der Waals surface area contributed by atoms with Gasteiger partial charge in [-0.05, 0) is 36.2 Å². The van der Waals surface area contributed by atoms with Crippen LogP contribution in [0, 0.1) is 0 Å². The first kappa shape index (κ1) is 13.9. The molecule has 1 fully saturated rings. The van der Waals surface area contributed by atoms with Gasteiger partial charge in [-0.15, -0.1) is 0 Å². The fraction of sp³-hybridized carbons (Fsp3) is 0.235. The number of imide groups is 1. The number of carbonyl (C=O) groups excluding carboxylic acids is 2. The topological polar surface area (TPSA) is 90.0 Å². The summed E-state index contributed by atoms with van der Waals surface area (Å²) in [6, 6.07) is 9.43. The number of nitrogens with one attached hydrogen (secondary N) is 1. The molecule has 0 aliphatic carbocycles. The molecule has 0 radical (unpaired) electrons. The third-order valence-corrected chi connectivity index (χ3v) is 4.38. The average Bonchev–Trinajstić information content (AvgIpc) is 2.89. The molecule has 1 unspecified atom stereocenters. The van der Waals surface area contributed by atoms with Crippen LogP contribution in [0.1, 0.15) is 24.4 Å². The van der Waals surface area contributed by atoms with Crippen molar-refractivity contribution < 1.29 is 9.59 Å². The highest BCUT2D eigenvalue weighted by Crippen LogP contribution is 2.33. The van der Waals surface area contributed by atoms with Crippen molar-refractivity contribution in [1.29, 1.82) is 0 Å². The van der Waals surface area contributed by atoms with Gasteiger partial charge >= 0.3 is 0 Å². The summed E-state index contributed by atoms with van der Waals surface area (Å²) in [6.45, 7) is 0.460. The molecule has 3 N–H and O–H groups in total. The van der Waals surface area contributed by atoms with Crippen molar-refractivity contribution in [3.8, 4) is 0 Å². The number of amides is 2. The largest absolute Gasteiger partial charge is 0.326 e. The number of piperidine rings is 1. The van der Waals surface area contributed by atoms with Gasteiger partial charge in [-0.1, -0.05) is 6.07 Å². The van der Waals surface area contributed by atoms with Crippen LogP contribution in [-0.4, -0.2) is 21.4 Å². The quantitative estimate of drug-likeness (QED) is 0.704. The summed E-state index contributed by atoms with van der Waals surface area (Å²) in [5.74, 6) is -0.487. The second-order valence-electron chi connectivity index (χ2n) is 5.77. The van der Waals surface area contributed by atoms with E-state index in [-0.39, 0.29) is 11.8 Å². The third-order valence-electron chi connectivity index (χ3n) is 4.38. The van der Waals surface area contributed by atoms with Gasteiger partial charge < -0.3 is 10.3 Å². The van der Waals surface area contributed by atoms with Gasteiger partial charge in [0.2, 0.25) is 11.8 Å². The van der Waals surface area contributed by atoms with Crippen LogP contribution in [0.25, 0.3) is 21.9 Å². The zero-order valence-corrected chi connectivity index (χ0v) is 12.5. The highest BCUT2D eigenvalue weighted by Gasteiger charge is 2.30. The first-order chi connectivity index (χ1) is 11.2. The maximum Gasteiger partial charge on any atom is 0.249 e. The highest BCUT2D eigenvalue weighted by atomic mass is 16.2. The summed E-state index contributed by atoms with van der Waals surface area (Å²) < 4.78 is 1.94. The second kappa shape index (κ2) is 5.17. The molecule has 2 aromatic heterocycles. The van der Waals surface area contributed by atoms with E-state index < -0.39 is 6.04 Å². The molecule has 1 aliphatic rings. The molecule has 0 bridgehead atoms.